The van der Waals surface area contributed by atoms with E-state index in [2.05, 4.69) is 0 Å². The number of nitrogens with one attached hydrogen (secondary N) is 1. The highest BCUT2D eigenvalue weighted by molar-refractivity contribution is 5.33. The Hall–Kier alpha value is -1.57. The zero-order valence-corrected chi connectivity index (χ0v) is 12.3. The summed E-state index contributed by atoms with van der Waals surface area (Å²) in [6, 6.07) is 7.78. The summed E-state index contributed by atoms with van der Waals surface area (Å²) in [5.74, 6) is 0.359. The van der Waals surface area contributed by atoms with Crippen LogP contribution in [0.3, 0.4) is 0 Å². The average Bonchev–Trinajstić information content (AvgIpc) is 2.79. The molecule has 0 saturated heterocycles. The van der Waals surface area contributed by atoms with Gasteiger partial charge in [0, 0.05) is 23.8 Å². The van der Waals surface area contributed by atoms with Crippen LogP contribution in [0.4, 0.5) is 0 Å². The second kappa shape index (κ2) is 5.43. The summed E-state index contributed by atoms with van der Waals surface area (Å²) in [6.45, 7) is 1.60. The lowest BCUT2D eigenvalue weighted by Gasteiger charge is -2.18. The number of para-hydroxylation sites is 1. The molecule has 106 valence electrons. The van der Waals surface area contributed by atoms with E-state index in [0.29, 0.717) is 0 Å². The number of nitrogens with zero attached hydrogens (tertiary/aromatic N) is 1. The van der Waals surface area contributed by atoms with E-state index in [9.17, 15) is 0 Å². The number of aryl methyl sites for hydroxylation is 1. The molecule has 0 spiro atoms. The number of rotatable bonds is 2. The molecule has 1 N–H and O–H groups in total. The minimum atomic E-state index is -2.33. The zero-order chi connectivity index (χ0) is 17.5. The number of benzene rings is 1. The van der Waals surface area contributed by atoms with Crippen LogP contribution in [0.15, 0.2) is 24.3 Å². The Balaban J connectivity index is 2.26. The molecule has 0 aliphatic heterocycles. The number of imidazole rings is 1. The van der Waals surface area contributed by atoms with Crippen molar-refractivity contribution in [1.29, 1.82) is 0 Å². The molecule has 20 heavy (non-hydrogen) atoms. The molecule has 0 unspecified atom stereocenters. The predicted molar refractivity (Wildman–Crippen MR) is 82.4 cm³/mol. The molecule has 1 saturated carbocycles. The zero-order valence-electron chi connectivity index (χ0n) is 16.3. The number of aromatic amines is 1. The molecular formula is C18H25N2+. The maximum absolute atomic E-state index is 8.56. The van der Waals surface area contributed by atoms with Crippen molar-refractivity contribution in [3.8, 4) is 5.69 Å². The summed E-state index contributed by atoms with van der Waals surface area (Å²) in [7, 11) is 0. The van der Waals surface area contributed by atoms with E-state index in [1.807, 2.05) is 38.1 Å². The van der Waals surface area contributed by atoms with E-state index < -0.39 is 6.85 Å². The van der Waals surface area contributed by atoms with E-state index in [0.717, 1.165) is 48.3 Å². The van der Waals surface area contributed by atoms with Crippen LogP contribution in [0.1, 0.15) is 64.9 Å². The van der Waals surface area contributed by atoms with Crippen molar-refractivity contribution in [1.82, 2.24) is 4.98 Å². The molecule has 1 aliphatic carbocycles. The minimum Gasteiger partial charge on any atom is -0.244 e. The largest absolute Gasteiger partial charge is 0.312 e. The molecule has 0 bridgehead atoms. The molecule has 0 atom stereocenters. The van der Waals surface area contributed by atoms with Gasteiger partial charge in [-0.25, -0.2) is 4.98 Å². The Labute approximate surface area is 127 Å². The van der Waals surface area contributed by atoms with Gasteiger partial charge in [-0.2, -0.15) is 4.57 Å². The average molecular weight is 273 g/mol. The Morgan fingerprint density at radius 3 is 2.65 bits per heavy atom. The Bertz CT molecular complexity index is 740. The van der Waals surface area contributed by atoms with Crippen molar-refractivity contribution in [3.05, 3.63) is 47.0 Å². The van der Waals surface area contributed by atoms with Gasteiger partial charge in [0.2, 0.25) is 0 Å². The molecular weight excluding hydrogens is 244 g/mol. The summed E-state index contributed by atoms with van der Waals surface area (Å²) < 4.78 is 34.2. The SMILES string of the molecule is [2H]n1c(C2CCCCC2)c(C)[n+](-c2ccccc2C)c1C([2H])([2H])[2H]. The topological polar surface area (TPSA) is 19.7 Å². The van der Waals surface area contributed by atoms with Crippen LogP contribution in [0.2, 0.25) is 1.41 Å². The van der Waals surface area contributed by atoms with Crippen LogP contribution in [0.5, 0.6) is 0 Å². The first kappa shape index (κ1) is 9.38. The minimum absolute atomic E-state index is 0.0786. The van der Waals surface area contributed by atoms with Crippen LogP contribution in [-0.2, 0) is 0 Å². The Kier molecular flexibility index (Phi) is 2.55. The van der Waals surface area contributed by atoms with Crippen LogP contribution < -0.4 is 4.57 Å². The highest BCUT2D eigenvalue weighted by atomic mass is 15.1. The first-order valence-corrected chi connectivity index (χ1v) is 7.55. The van der Waals surface area contributed by atoms with Gasteiger partial charge >= 0.3 is 1.41 Å². The number of hydrogen-bond acceptors (Lipinski definition) is 0. The lowest BCUT2D eigenvalue weighted by Crippen LogP contribution is -2.36. The number of aromatic nitrogens is 2. The number of H-pyrrole nitrogens is 1. The van der Waals surface area contributed by atoms with E-state index in [-0.39, 0.29) is 11.7 Å². The molecule has 1 heterocycles. The van der Waals surface area contributed by atoms with Crippen LogP contribution >= 0.6 is 0 Å². The molecule has 2 aromatic rings. The molecule has 1 aromatic carbocycles. The van der Waals surface area contributed by atoms with E-state index in [1.54, 1.807) is 4.57 Å². The molecule has 3 rings (SSSR count). The van der Waals surface area contributed by atoms with Crippen molar-refractivity contribution < 1.29 is 10.1 Å². The molecule has 0 amide bonds. The quantitative estimate of drug-likeness (QED) is 0.789. The van der Waals surface area contributed by atoms with E-state index in [4.69, 9.17) is 5.52 Å². The van der Waals surface area contributed by atoms with Crippen molar-refractivity contribution >= 4 is 0 Å². The van der Waals surface area contributed by atoms with Gasteiger partial charge < -0.3 is 0 Å². The lowest BCUT2D eigenvalue weighted by molar-refractivity contribution is -0.608. The van der Waals surface area contributed by atoms with Gasteiger partial charge in [0.25, 0.3) is 5.82 Å². The maximum Gasteiger partial charge on any atom is 0.312 e. The first-order valence-electron chi connectivity index (χ1n) is 9.50. The third-order valence-corrected chi connectivity index (χ3v) is 4.49. The predicted octanol–water partition coefficient (Wildman–Crippen LogP) is 4.26. The summed E-state index contributed by atoms with van der Waals surface area (Å²) in [4.78, 5) is 1.20. The molecule has 1 aliphatic rings. The second-order valence-electron chi connectivity index (χ2n) is 5.86. The third kappa shape index (κ3) is 2.28. The van der Waals surface area contributed by atoms with Crippen LogP contribution in [-0.4, -0.2) is 4.98 Å². The van der Waals surface area contributed by atoms with Crippen molar-refractivity contribution in [2.24, 2.45) is 0 Å². The Morgan fingerprint density at radius 2 is 1.95 bits per heavy atom. The fraction of sp³-hybridized carbons (Fsp3) is 0.500. The van der Waals surface area contributed by atoms with Crippen LogP contribution in [0, 0.1) is 20.7 Å². The fourth-order valence-corrected chi connectivity index (χ4v) is 3.39. The van der Waals surface area contributed by atoms with Gasteiger partial charge in [-0.1, -0.05) is 37.5 Å². The molecule has 2 heteroatoms. The Morgan fingerprint density at radius 1 is 1.20 bits per heavy atom. The summed E-state index contributed by atoms with van der Waals surface area (Å²) in [5, 5.41) is 0. The monoisotopic (exact) mass is 273 g/mol. The molecule has 1 aromatic heterocycles. The first-order chi connectivity index (χ1) is 11.3. The van der Waals surface area contributed by atoms with Crippen LogP contribution in [0.25, 0.3) is 5.69 Å². The van der Waals surface area contributed by atoms with Crippen molar-refractivity contribution in [2.75, 3.05) is 0 Å². The van der Waals surface area contributed by atoms with Gasteiger partial charge in [-0.3, -0.25) is 0 Å². The fourth-order valence-electron chi connectivity index (χ4n) is 3.39. The standard InChI is InChI=1S/C18H24N2/c1-13-9-7-8-12-17(13)20-14(2)18(19-15(20)3)16-10-5-4-6-11-16/h7-9,12,16H,4-6,10-11H2,1-3H3/p+1/i3D3/hD. The van der Waals surface area contributed by atoms with Gasteiger partial charge in [0.15, 0.2) is 0 Å². The second-order valence-corrected chi connectivity index (χ2v) is 5.86. The van der Waals surface area contributed by atoms with Gasteiger partial charge in [0.05, 0.1) is 0 Å². The highest BCUT2D eigenvalue weighted by Gasteiger charge is 2.28. The van der Waals surface area contributed by atoms with Gasteiger partial charge in [-0.15, -0.1) is 0 Å². The van der Waals surface area contributed by atoms with E-state index in [1.165, 1.54) is 11.4 Å². The summed E-state index contributed by atoms with van der Waals surface area (Å²) in [5.41, 5.74) is 3.61. The third-order valence-electron chi connectivity index (χ3n) is 4.49. The highest BCUT2D eigenvalue weighted by Crippen LogP contribution is 2.33. The number of hydrogen-bond donors (Lipinski definition) is 1. The van der Waals surface area contributed by atoms with Gasteiger partial charge in [0.1, 0.15) is 17.1 Å². The van der Waals surface area contributed by atoms with Crippen molar-refractivity contribution in [2.45, 2.75) is 58.7 Å². The molecule has 0 radical (unpaired) electrons. The summed E-state index contributed by atoms with van der Waals surface area (Å²) >= 11 is 0. The van der Waals surface area contributed by atoms with Crippen molar-refractivity contribution in [3.63, 3.8) is 0 Å². The normalized spacial score (nSPS) is 20.1. The van der Waals surface area contributed by atoms with E-state index >= 15 is 0 Å². The molecule has 1 fully saturated rings. The van der Waals surface area contributed by atoms with Gasteiger partial charge in [-0.05, 0) is 31.4 Å². The smallest absolute Gasteiger partial charge is 0.244 e. The lowest BCUT2D eigenvalue weighted by atomic mass is 9.86. The maximum atomic E-state index is 8.56. The molecule has 2 nitrogen and oxygen atoms in total. The summed E-state index contributed by atoms with van der Waals surface area (Å²) in [6.07, 6.45) is 5.62.